The molecule has 0 amide bonds. The normalized spacial score (nSPS) is 23.1. The molecule has 0 bridgehead atoms. The van der Waals surface area contributed by atoms with Crippen LogP contribution in [0.5, 0.6) is 17.6 Å². The summed E-state index contributed by atoms with van der Waals surface area (Å²) in [4.78, 5) is 11.4. The number of aliphatic hydroxyl groups is 1. The Kier molecular flexibility index (Phi) is 7.60. The number of fused-ring (bicyclic) bond motifs is 2. The lowest BCUT2D eigenvalue weighted by atomic mass is 10.1. The van der Waals surface area contributed by atoms with E-state index in [0.29, 0.717) is 5.52 Å². The molecule has 2 aromatic heterocycles. The van der Waals surface area contributed by atoms with Crippen LogP contribution in [0.3, 0.4) is 0 Å². The van der Waals surface area contributed by atoms with Crippen molar-refractivity contribution in [2.24, 2.45) is 0 Å². The molecular formula is C23H24ClF2N3O8S. The van der Waals surface area contributed by atoms with E-state index in [9.17, 15) is 22.3 Å². The van der Waals surface area contributed by atoms with E-state index in [1.54, 1.807) is 0 Å². The van der Waals surface area contributed by atoms with Gasteiger partial charge in [-0.15, -0.1) is 0 Å². The van der Waals surface area contributed by atoms with Gasteiger partial charge in [-0.1, -0.05) is 11.6 Å². The third kappa shape index (κ3) is 5.94. The number of aromatic nitrogens is 3. The number of ether oxygens (including phenoxy) is 5. The molecule has 2 N–H and O–H groups in total. The van der Waals surface area contributed by atoms with E-state index in [1.165, 1.54) is 6.07 Å². The molecule has 2 fully saturated rings. The Labute approximate surface area is 220 Å². The van der Waals surface area contributed by atoms with Gasteiger partial charge >= 0.3 is 0 Å². The second-order valence-electron chi connectivity index (χ2n) is 8.99. The van der Waals surface area contributed by atoms with Crippen molar-refractivity contribution in [2.75, 3.05) is 31.8 Å². The summed E-state index contributed by atoms with van der Waals surface area (Å²) in [6.07, 6.45) is -0.805. The molecule has 2 saturated heterocycles. The van der Waals surface area contributed by atoms with Gasteiger partial charge < -0.3 is 33.8 Å². The summed E-state index contributed by atoms with van der Waals surface area (Å²) in [5, 5.41) is 9.94. The maximum Gasteiger partial charge on any atom is 0.296 e. The predicted molar refractivity (Wildman–Crippen MR) is 129 cm³/mol. The summed E-state index contributed by atoms with van der Waals surface area (Å²) in [5.41, 5.74) is 0.267. The number of H-pyrrole nitrogens is 1. The summed E-state index contributed by atoms with van der Waals surface area (Å²) in [6.45, 7) is -0.149. The van der Waals surface area contributed by atoms with E-state index in [4.69, 9.17) is 35.3 Å². The Bertz CT molecular complexity index is 1420. The zero-order valence-corrected chi connectivity index (χ0v) is 21.6. The molecule has 0 aliphatic carbocycles. The number of benzene rings is 1. The van der Waals surface area contributed by atoms with E-state index in [2.05, 4.69) is 15.0 Å². The van der Waals surface area contributed by atoms with Gasteiger partial charge in [-0.2, -0.15) is 9.97 Å². The average molecular weight is 576 g/mol. The third-order valence-electron chi connectivity index (χ3n) is 6.01. The van der Waals surface area contributed by atoms with Gasteiger partial charge in [-0.25, -0.2) is 17.2 Å². The van der Waals surface area contributed by atoms with Crippen LogP contribution in [-0.4, -0.2) is 84.7 Å². The summed E-state index contributed by atoms with van der Waals surface area (Å²) in [5.74, 6) is -2.08. The number of imidazole rings is 1. The Morgan fingerprint density at radius 3 is 2.61 bits per heavy atom. The maximum absolute atomic E-state index is 14.6. The number of hydrogen-bond donors (Lipinski definition) is 2. The fraction of sp³-hybridized carbons (Fsp3) is 0.478. The molecule has 2 aliphatic rings. The highest BCUT2D eigenvalue weighted by molar-refractivity contribution is 7.90. The number of hydrogen-bond acceptors (Lipinski definition) is 10. The smallest absolute Gasteiger partial charge is 0.296 e. The highest BCUT2D eigenvalue weighted by Crippen LogP contribution is 2.32. The van der Waals surface area contributed by atoms with Crippen molar-refractivity contribution < 1.29 is 46.0 Å². The minimum atomic E-state index is -3.16. The van der Waals surface area contributed by atoms with Crippen molar-refractivity contribution in [3.8, 4) is 17.6 Å². The van der Waals surface area contributed by atoms with Gasteiger partial charge in [-0.3, -0.25) is 0 Å². The number of aliphatic hydroxyl groups excluding tert-OH is 1. The Morgan fingerprint density at radius 2 is 1.87 bits per heavy atom. The highest BCUT2D eigenvalue weighted by atomic mass is 35.5. The molecule has 0 radical (unpaired) electrons. The van der Waals surface area contributed by atoms with Gasteiger partial charge in [0.25, 0.3) is 6.01 Å². The van der Waals surface area contributed by atoms with Gasteiger partial charge in [0.2, 0.25) is 5.88 Å². The second kappa shape index (κ2) is 10.8. The van der Waals surface area contributed by atoms with Crippen molar-refractivity contribution in [2.45, 2.75) is 37.4 Å². The molecule has 4 heterocycles. The van der Waals surface area contributed by atoms with E-state index in [1.807, 2.05) is 0 Å². The van der Waals surface area contributed by atoms with Crippen LogP contribution in [-0.2, 0) is 25.9 Å². The third-order valence-corrected chi connectivity index (χ3v) is 7.31. The quantitative estimate of drug-likeness (QED) is 0.345. The molecule has 1 aromatic carbocycles. The molecule has 0 spiro atoms. The van der Waals surface area contributed by atoms with Crippen LogP contribution < -0.4 is 14.2 Å². The van der Waals surface area contributed by atoms with Crippen LogP contribution in [0.1, 0.15) is 12.0 Å². The topological polar surface area (TPSA) is 142 Å². The minimum absolute atomic E-state index is 0.0132. The maximum atomic E-state index is 14.6. The average Bonchev–Trinajstić information content (AvgIpc) is 3.52. The summed E-state index contributed by atoms with van der Waals surface area (Å²) in [7, 11) is -3.16. The first-order chi connectivity index (χ1) is 18.1. The number of aromatic amines is 1. The monoisotopic (exact) mass is 575 g/mol. The van der Waals surface area contributed by atoms with Crippen LogP contribution in [0.25, 0.3) is 11.2 Å². The van der Waals surface area contributed by atoms with Gasteiger partial charge in [0.1, 0.15) is 57.2 Å². The van der Waals surface area contributed by atoms with Crippen LogP contribution in [0, 0.1) is 11.6 Å². The summed E-state index contributed by atoms with van der Waals surface area (Å²) >= 11 is 6.25. The molecule has 15 heteroatoms. The minimum Gasteiger partial charge on any atom is -0.493 e. The number of pyridine rings is 1. The van der Waals surface area contributed by atoms with Crippen molar-refractivity contribution >= 4 is 32.6 Å². The highest BCUT2D eigenvalue weighted by Gasteiger charge is 2.48. The first-order valence-corrected chi connectivity index (χ1v) is 14.1. The Hall–Kier alpha value is -2.78. The van der Waals surface area contributed by atoms with Crippen LogP contribution >= 0.6 is 11.6 Å². The molecule has 2 aliphatic heterocycles. The van der Waals surface area contributed by atoms with E-state index in [-0.39, 0.29) is 65.9 Å². The largest absolute Gasteiger partial charge is 0.493 e. The Morgan fingerprint density at radius 1 is 1.13 bits per heavy atom. The van der Waals surface area contributed by atoms with E-state index in [0.717, 1.165) is 18.4 Å². The van der Waals surface area contributed by atoms with Crippen molar-refractivity contribution in [3.05, 3.63) is 40.4 Å². The molecule has 0 saturated carbocycles. The Balaban J connectivity index is 1.23. The van der Waals surface area contributed by atoms with Gasteiger partial charge in [-0.05, 0) is 12.5 Å². The summed E-state index contributed by atoms with van der Waals surface area (Å²) in [6, 6.07) is 3.59. The molecule has 4 atom stereocenters. The van der Waals surface area contributed by atoms with Crippen LogP contribution in [0.2, 0.25) is 5.02 Å². The zero-order chi connectivity index (χ0) is 27.0. The fourth-order valence-corrected chi connectivity index (χ4v) is 5.03. The van der Waals surface area contributed by atoms with E-state index >= 15 is 0 Å². The molecule has 11 nitrogen and oxygen atoms in total. The SMILES string of the molecule is CS(=O)(=O)CCCOc1cc(F)c(COc2nc3nc(O[C@@H]4CO[C@H]5C4OC[C@H]5O)[nH]c3cc2Cl)c(F)c1. The molecular weight excluding hydrogens is 552 g/mol. The van der Waals surface area contributed by atoms with Gasteiger partial charge in [0, 0.05) is 18.4 Å². The zero-order valence-electron chi connectivity index (χ0n) is 20.0. The molecule has 1 unspecified atom stereocenters. The van der Waals surface area contributed by atoms with Crippen molar-refractivity contribution in [1.82, 2.24) is 15.0 Å². The number of nitrogens with one attached hydrogen (secondary N) is 1. The van der Waals surface area contributed by atoms with E-state index < -0.39 is 52.5 Å². The van der Waals surface area contributed by atoms with Gasteiger partial charge in [0.05, 0.1) is 36.7 Å². The first kappa shape index (κ1) is 26.8. The number of sulfone groups is 1. The predicted octanol–water partition coefficient (Wildman–Crippen LogP) is 2.19. The lowest BCUT2D eigenvalue weighted by molar-refractivity contribution is 0.00706. The van der Waals surface area contributed by atoms with Crippen LogP contribution in [0.4, 0.5) is 8.78 Å². The number of nitrogens with zero attached hydrogens (tertiary/aromatic N) is 2. The lowest BCUT2D eigenvalue weighted by Gasteiger charge is -2.15. The van der Waals surface area contributed by atoms with Gasteiger partial charge in [0.15, 0.2) is 11.8 Å². The summed E-state index contributed by atoms with van der Waals surface area (Å²) < 4.78 is 79.1. The number of rotatable bonds is 10. The standard InChI is InChI=1S/C23H24ClF2N3O8S/c1-38(31,32)4-2-3-33-11-5-14(25)12(15(26)6-11)8-36-22-13(24)7-16-21(28-22)29-23(27-16)37-18-10-35-19-17(30)9-34-20(18)19/h5-7,17-20,30H,2-4,8-10H2,1H3,(H,27,28,29)/t17-,18-,19-,20?/m1/s1. The second-order valence-corrected chi connectivity index (χ2v) is 11.7. The fourth-order valence-electron chi connectivity index (χ4n) is 4.18. The number of halogens is 3. The molecule has 5 rings (SSSR count). The van der Waals surface area contributed by atoms with Crippen molar-refractivity contribution in [1.29, 1.82) is 0 Å². The van der Waals surface area contributed by atoms with Crippen molar-refractivity contribution in [3.63, 3.8) is 0 Å². The van der Waals surface area contributed by atoms with Crippen LogP contribution in [0.15, 0.2) is 18.2 Å². The molecule has 3 aromatic rings. The molecule has 38 heavy (non-hydrogen) atoms. The lowest BCUT2D eigenvalue weighted by Crippen LogP contribution is -2.34. The first-order valence-electron chi connectivity index (χ1n) is 11.6. The molecule has 206 valence electrons.